The number of rotatable bonds is 13. The molecule has 7 nitrogen and oxygen atoms in total. The van der Waals surface area contributed by atoms with Gasteiger partial charge < -0.3 is 10.2 Å². The van der Waals surface area contributed by atoms with Crippen LogP contribution in [0.1, 0.15) is 47.6 Å². The third-order valence-corrected chi connectivity index (χ3v) is 9.61. The van der Waals surface area contributed by atoms with Crippen molar-refractivity contribution in [3.05, 3.63) is 135 Å². The summed E-state index contributed by atoms with van der Waals surface area (Å²) in [5, 5.41) is 3.79. The predicted molar refractivity (Wildman–Crippen MR) is 173 cm³/mol. The van der Waals surface area contributed by atoms with E-state index in [1.54, 1.807) is 66.7 Å². The second kappa shape index (κ2) is 14.6. The lowest BCUT2D eigenvalue weighted by Gasteiger charge is -2.32. The second-order valence-electron chi connectivity index (χ2n) is 11.0. The Balaban J connectivity index is 1.38. The molecule has 0 spiro atoms. The number of sulfonamides is 1. The predicted octanol–water partition coefficient (Wildman–Crippen LogP) is 6.59. The van der Waals surface area contributed by atoms with Gasteiger partial charge in [0.25, 0.3) is 0 Å². The minimum Gasteiger partial charge on any atom is -0.350 e. The largest absolute Gasteiger partial charge is 0.350 e. The van der Waals surface area contributed by atoms with E-state index in [2.05, 4.69) is 10.0 Å². The maximum absolute atomic E-state index is 14.0. The van der Waals surface area contributed by atoms with Gasteiger partial charge in [0.2, 0.25) is 21.8 Å². The molecule has 1 fully saturated rings. The van der Waals surface area contributed by atoms with Gasteiger partial charge in [-0.3, -0.25) is 9.59 Å². The van der Waals surface area contributed by atoms with Gasteiger partial charge in [0, 0.05) is 35.6 Å². The molecule has 234 valence electrons. The summed E-state index contributed by atoms with van der Waals surface area (Å²) in [6.45, 7) is 0.166. The Bertz CT molecular complexity index is 1750. The quantitative estimate of drug-likeness (QED) is 0.168. The molecule has 2 amide bonds. The van der Waals surface area contributed by atoms with Crippen LogP contribution in [0.15, 0.2) is 102 Å². The van der Waals surface area contributed by atoms with Gasteiger partial charge in [-0.1, -0.05) is 83.9 Å². The van der Waals surface area contributed by atoms with E-state index in [0.717, 1.165) is 18.4 Å². The van der Waals surface area contributed by atoms with Gasteiger partial charge in [0.15, 0.2) is 0 Å². The Morgan fingerprint density at radius 2 is 1.56 bits per heavy atom. The third-order valence-electron chi connectivity index (χ3n) is 7.49. The van der Waals surface area contributed by atoms with Crippen LogP contribution in [-0.2, 0) is 39.1 Å². The highest BCUT2D eigenvalue weighted by Gasteiger charge is 2.32. The second-order valence-corrected chi connectivity index (χ2v) is 13.5. The molecule has 1 aliphatic carbocycles. The molecule has 45 heavy (non-hydrogen) atoms. The molecule has 0 unspecified atom stereocenters. The fourth-order valence-corrected chi connectivity index (χ4v) is 6.66. The summed E-state index contributed by atoms with van der Waals surface area (Å²) in [6.07, 6.45) is 2.04. The molecule has 0 aromatic heterocycles. The number of carbonyl (C=O) groups is 2. The fraction of sp³-hybridized carbons (Fsp3) is 0.235. The van der Waals surface area contributed by atoms with Gasteiger partial charge in [-0.15, -0.1) is 0 Å². The Kier molecular flexibility index (Phi) is 10.6. The normalized spacial score (nSPS) is 13.7. The summed E-state index contributed by atoms with van der Waals surface area (Å²) in [5.41, 5.74) is 2.69. The minimum atomic E-state index is -3.59. The Morgan fingerprint density at radius 1 is 0.889 bits per heavy atom. The summed E-state index contributed by atoms with van der Waals surface area (Å²) in [4.78, 5) is 29.5. The molecule has 11 heteroatoms. The summed E-state index contributed by atoms with van der Waals surface area (Å²) < 4.78 is 41.5. The van der Waals surface area contributed by atoms with Crippen LogP contribution in [0.4, 0.5) is 4.39 Å². The molecule has 0 aliphatic heterocycles. The molecule has 4 aromatic carbocycles. The van der Waals surface area contributed by atoms with Crippen molar-refractivity contribution < 1.29 is 22.4 Å². The Labute approximate surface area is 272 Å². The first kappa shape index (κ1) is 32.6. The number of amides is 2. The maximum atomic E-state index is 14.0. The molecule has 0 saturated heterocycles. The van der Waals surface area contributed by atoms with Crippen molar-refractivity contribution in [2.45, 2.75) is 55.8 Å². The lowest BCUT2D eigenvalue weighted by Crippen LogP contribution is -2.43. The first-order chi connectivity index (χ1) is 21.6. The van der Waals surface area contributed by atoms with Crippen LogP contribution in [0.5, 0.6) is 0 Å². The average Bonchev–Trinajstić information content (AvgIpc) is 3.84. The van der Waals surface area contributed by atoms with Crippen molar-refractivity contribution in [3.8, 4) is 0 Å². The average molecular weight is 669 g/mol. The van der Waals surface area contributed by atoms with E-state index in [-0.39, 0.29) is 36.4 Å². The molecule has 1 atom stereocenters. The number of hydrogen-bond acceptors (Lipinski definition) is 4. The van der Waals surface area contributed by atoms with Crippen molar-refractivity contribution in [2.24, 2.45) is 0 Å². The minimum absolute atomic E-state index is 0.00248. The molecule has 5 rings (SSSR count). The van der Waals surface area contributed by atoms with E-state index >= 15 is 0 Å². The third kappa shape index (κ3) is 8.92. The molecular weight excluding hydrogens is 636 g/mol. The highest BCUT2D eigenvalue weighted by Crippen LogP contribution is 2.27. The van der Waals surface area contributed by atoms with Gasteiger partial charge in [-0.05, 0) is 77.9 Å². The number of benzene rings is 4. The highest BCUT2D eigenvalue weighted by molar-refractivity contribution is 7.89. The summed E-state index contributed by atoms with van der Waals surface area (Å²) in [6, 6.07) is 25.2. The smallest absolute Gasteiger partial charge is 0.247 e. The van der Waals surface area contributed by atoms with Crippen LogP contribution in [0.2, 0.25) is 10.0 Å². The van der Waals surface area contributed by atoms with Crippen molar-refractivity contribution >= 4 is 45.0 Å². The monoisotopic (exact) mass is 667 g/mol. The molecule has 2 N–H and O–H groups in total. The van der Waals surface area contributed by atoms with Crippen LogP contribution in [0.25, 0.3) is 0 Å². The topological polar surface area (TPSA) is 95.6 Å². The lowest BCUT2D eigenvalue weighted by molar-refractivity contribution is -0.141. The number of nitrogens with one attached hydrogen (secondary N) is 2. The first-order valence-corrected chi connectivity index (χ1v) is 16.7. The van der Waals surface area contributed by atoms with Gasteiger partial charge in [0.1, 0.15) is 11.9 Å². The number of aryl methyl sites for hydroxylation is 1. The van der Waals surface area contributed by atoms with E-state index in [9.17, 15) is 22.4 Å². The van der Waals surface area contributed by atoms with Gasteiger partial charge in [-0.2, -0.15) is 0 Å². The molecule has 0 bridgehead atoms. The van der Waals surface area contributed by atoms with Crippen LogP contribution >= 0.6 is 23.2 Å². The Morgan fingerprint density at radius 3 is 2.20 bits per heavy atom. The molecular formula is C34H32Cl2FN3O4S. The van der Waals surface area contributed by atoms with E-state index < -0.39 is 27.8 Å². The lowest BCUT2D eigenvalue weighted by atomic mass is 10.0. The van der Waals surface area contributed by atoms with E-state index in [0.29, 0.717) is 33.2 Å². The zero-order valence-corrected chi connectivity index (χ0v) is 26.6. The summed E-state index contributed by atoms with van der Waals surface area (Å²) in [7, 11) is -3.59. The molecule has 4 aromatic rings. The molecule has 0 heterocycles. The van der Waals surface area contributed by atoms with Crippen molar-refractivity contribution in [3.63, 3.8) is 0 Å². The first-order valence-electron chi connectivity index (χ1n) is 14.5. The van der Waals surface area contributed by atoms with Crippen molar-refractivity contribution in [2.75, 3.05) is 0 Å². The fourth-order valence-electron chi connectivity index (χ4n) is 4.88. The van der Waals surface area contributed by atoms with Crippen LogP contribution in [0, 0.1) is 5.82 Å². The van der Waals surface area contributed by atoms with Crippen LogP contribution < -0.4 is 10.0 Å². The SMILES string of the molecule is O=C(NCc1ccc(Cl)cc1Cl)[C@H](c1ccccc1)N(Cc1ccc(F)cc1)C(=O)CCc1ccc(S(=O)(=O)NC2CC2)cc1. The summed E-state index contributed by atoms with van der Waals surface area (Å²) >= 11 is 12.4. The molecule has 1 aliphatic rings. The highest BCUT2D eigenvalue weighted by atomic mass is 35.5. The van der Waals surface area contributed by atoms with E-state index in [1.165, 1.54) is 29.2 Å². The van der Waals surface area contributed by atoms with Crippen LogP contribution in [0.3, 0.4) is 0 Å². The number of carbonyl (C=O) groups excluding carboxylic acids is 2. The molecule has 0 radical (unpaired) electrons. The Hall–Kier alpha value is -3.76. The van der Waals surface area contributed by atoms with Crippen molar-refractivity contribution in [1.82, 2.24) is 14.9 Å². The molecule has 1 saturated carbocycles. The van der Waals surface area contributed by atoms with Gasteiger partial charge in [0.05, 0.1) is 4.90 Å². The number of hydrogen-bond donors (Lipinski definition) is 2. The van der Waals surface area contributed by atoms with Gasteiger partial charge in [-0.25, -0.2) is 17.5 Å². The van der Waals surface area contributed by atoms with E-state index in [1.807, 2.05) is 6.07 Å². The van der Waals surface area contributed by atoms with Crippen LogP contribution in [-0.4, -0.2) is 31.2 Å². The summed E-state index contributed by atoms with van der Waals surface area (Å²) in [5.74, 6) is -1.13. The zero-order chi connectivity index (χ0) is 32.0. The standard InChI is InChI=1S/C34H32Cl2FN3O4S/c35-27-12-11-26(31(36)20-27)21-38-34(42)33(25-4-2-1-3-5-25)40(22-24-6-13-28(37)14-7-24)32(41)19-10-23-8-17-30(18-9-23)45(43,44)39-29-15-16-29/h1-9,11-14,17-18,20,29,33,39H,10,15-16,19,21-22H2,(H,38,42)/t33-/m0/s1. The number of nitrogens with zero attached hydrogens (tertiary/aromatic N) is 1. The van der Waals surface area contributed by atoms with Crippen molar-refractivity contribution in [1.29, 1.82) is 0 Å². The van der Waals surface area contributed by atoms with Gasteiger partial charge >= 0.3 is 0 Å². The number of halogens is 3. The zero-order valence-electron chi connectivity index (χ0n) is 24.3. The van der Waals surface area contributed by atoms with E-state index in [4.69, 9.17) is 23.2 Å². The maximum Gasteiger partial charge on any atom is 0.247 e.